The summed E-state index contributed by atoms with van der Waals surface area (Å²) in [5, 5.41) is 7.85. The Labute approximate surface area is 84.8 Å². The molecule has 0 aliphatic carbocycles. The number of aromatic nitrogens is 2. The second-order valence-electron chi connectivity index (χ2n) is 3.05. The molecule has 0 amide bonds. The summed E-state index contributed by atoms with van der Waals surface area (Å²) >= 11 is 5.86. The quantitative estimate of drug-likeness (QED) is 0.761. The fourth-order valence-electron chi connectivity index (χ4n) is 1.30. The molecule has 0 aliphatic rings. The van der Waals surface area contributed by atoms with Crippen LogP contribution in [-0.2, 0) is 11.2 Å². The van der Waals surface area contributed by atoms with Crippen molar-refractivity contribution < 1.29 is 9.42 Å². The van der Waals surface area contributed by atoms with Gasteiger partial charge in [0.05, 0.1) is 5.02 Å². The minimum absolute atomic E-state index is 0.0663. The summed E-state index contributed by atoms with van der Waals surface area (Å²) in [6.07, 6.45) is 0.321. The molecule has 2 aromatic rings. The van der Waals surface area contributed by atoms with E-state index in [1.54, 1.807) is 12.1 Å². The molecule has 72 valence electrons. The lowest BCUT2D eigenvalue weighted by Crippen LogP contribution is -1.97. The van der Waals surface area contributed by atoms with Gasteiger partial charge in [0.15, 0.2) is 5.52 Å². The second-order valence-corrected chi connectivity index (χ2v) is 3.45. The number of carbonyl (C=O) groups excluding carboxylic acids is 1. The largest absolute Gasteiger partial charge is 0.300 e. The summed E-state index contributed by atoms with van der Waals surface area (Å²) in [4.78, 5) is 11.0. The van der Waals surface area contributed by atoms with E-state index in [9.17, 15) is 4.79 Å². The average molecular weight is 211 g/mol. The van der Waals surface area contributed by atoms with Gasteiger partial charge in [0.1, 0.15) is 11.3 Å². The molecular formula is C9H7ClN2O2. The van der Waals surface area contributed by atoms with Gasteiger partial charge in [0, 0.05) is 6.42 Å². The van der Waals surface area contributed by atoms with Gasteiger partial charge in [-0.15, -0.1) is 0 Å². The molecule has 2 rings (SSSR count). The first kappa shape index (κ1) is 9.15. The molecule has 0 saturated heterocycles. The van der Waals surface area contributed by atoms with E-state index in [0.717, 1.165) is 5.56 Å². The van der Waals surface area contributed by atoms with Crippen molar-refractivity contribution in [1.29, 1.82) is 0 Å². The van der Waals surface area contributed by atoms with Crippen LogP contribution >= 0.6 is 11.6 Å². The van der Waals surface area contributed by atoms with E-state index in [2.05, 4.69) is 14.9 Å². The average Bonchev–Trinajstić information content (AvgIpc) is 2.58. The van der Waals surface area contributed by atoms with Crippen molar-refractivity contribution >= 4 is 28.4 Å². The van der Waals surface area contributed by atoms with Crippen LogP contribution in [0.4, 0.5) is 0 Å². The summed E-state index contributed by atoms with van der Waals surface area (Å²) < 4.78 is 4.57. The van der Waals surface area contributed by atoms with Crippen molar-refractivity contribution in [1.82, 2.24) is 10.3 Å². The van der Waals surface area contributed by atoms with Crippen molar-refractivity contribution in [2.75, 3.05) is 0 Å². The molecule has 0 bridgehead atoms. The molecule has 5 heteroatoms. The lowest BCUT2D eigenvalue weighted by Gasteiger charge is -1.97. The van der Waals surface area contributed by atoms with Gasteiger partial charge < -0.3 is 0 Å². The Morgan fingerprint density at radius 3 is 2.86 bits per heavy atom. The Morgan fingerprint density at radius 2 is 2.14 bits per heavy atom. The molecule has 1 aromatic carbocycles. The highest BCUT2D eigenvalue weighted by Gasteiger charge is 2.11. The zero-order chi connectivity index (χ0) is 10.1. The van der Waals surface area contributed by atoms with E-state index < -0.39 is 0 Å². The maximum absolute atomic E-state index is 11.0. The highest BCUT2D eigenvalue weighted by atomic mass is 35.5. The van der Waals surface area contributed by atoms with Crippen LogP contribution in [-0.4, -0.2) is 16.1 Å². The summed E-state index contributed by atoms with van der Waals surface area (Å²) in [7, 11) is 0. The number of rotatable bonds is 2. The number of ketones is 1. The molecule has 0 aliphatic heterocycles. The molecule has 0 spiro atoms. The Hall–Kier alpha value is -1.42. The molecule has 4 nitrogen and oxygen atoms in total. The minimum Gasteiger partial charge on any atom is -0.300 e. The first-order valence-corrected chi connectivity index (χ1v) is 4.45. The van der Waals surface area contributed by atoms with Gasteiger partial charge in [-0.2, -0.15) is 0 Å². The van der Waals surface area contributed by atoms with Crippen molar-refractivity contribution in [3.05, 3.63) is 22.7 Å². The summed E-state index contributed by atoms with van der Waals surface area (Å²) in [5.74, 6) is 0.0663. The highest BCUT2D eigenvalue weighted by Crippen LogP contribution is 2.23. The molecule has 0 fully saturated rings. The zero-order valence-electron chi connectivity index (χ0n) is 7.45. The summed E-state index contributed by atoms with van der Waals surface area (Å²) in [6.45, 7) is 1.52. The smallest absolute Gasteiger partial charge is 0.154 e. The van der Waals surface area contributed by atoms with Gasteiger partial charge in [-0.05, 0) is 28.9 Å². The molecule has 0 radical (unpaired) electrons. The van der Waals surface area contributed by atoms with E-state index in [-0.39, 0.29) is 5.78 Å². The van der Waals surface area contributed by atoms with Crippen LogP contribution < -0.4 is 0 Å². The number of benzene rings is 1. The first-order valence-electron chi connectivity index (χ1n) is 4.07. The van der Waals surface area contributed by atoms with E-state index in [4.69, 9.17) is 11.6 Å². The van der Waals surface area contributed by atoms with Crippen LogP contribution in [0.3, 0.4) is 0 Å². The Bertz CT molecular complexity index is 493. The van der Waals surface area contributed by atoms with Crippen molar-refractivity contribution in [3.8, 4) is 0 Å². The molecule has 1 heterocycles. The third-order valence-corrected chi connectivity index (χ3v) is 2.19. The monoisotopic (exact) mass is 210 g/mol. The molecular weight excluding hydrogens is 204 g/mol. The Morgan fingerprint density at radius 1 is 1.43 bits per heavy atom. The van der Waals surface area contributed by atoms with Gasteiger partial charge in [-0.3, -0.25) is 4.79 Å². The van der Waals surface area contributed by atoms with Gasteiger partial charge in [0.25, 0.3) is 0 Å². The number of nitrogens with zero attached hydrogens (tertiary/aromatic N) is 2. The van der Waals surface area contributed by atoms with E-state index in [0.29, 0.717) is 22.5 Å². The van der Waals surface area contributed by atoms with Gasteiger partial charge in [-0.1, -0.05) is 17.7 Å². The van der Waals surface area contributed by atoms with Crippen LogP contribution in [0.1, 0.15) is 12.5 Å². The number of halogens is 1. The van der Waals surface area contributed by atoms with Gasteiger partial charge in [0.2, 0.25) is 0 Å². The number of hydrogen-bond acceptors (Lipinski definition) is 4. The third-order valence-electron chi connectivity index (χ3n) is 1.89. The van der Waals surface area contributed by atoms with Gasteiger partial charge in [-0.25, -0.2) is 4.63 Å². The normalized spacial score (nSPS) is 10.7. The van der Waals surface area contributed by atoms with Crippen LogP contribution in [0.2, 0.25) is 5.02 Å². The molecule has 0 atom stereocenters. The maximum atomic E-state index is 11.0. The highest BCUT2D eigenvalue weighted by molar-refractivity contribution is 6.34. The van der Waals surface area contributed by atoms with Crippen LogP contribution in [0.5, 0.6) is 0 Å². The fraction of sp³-hybridized carbons (Fsp3) is 0.222. The summed E-state index contributed by atoms with van der Waals surface area (Å²) in [5.41, 5.74) is 1.86. The van der Waals surface area contributed by atoms with Crippen molar-refractivity contribution in [2.45, 2.75) is 13.3 Å². The number of hydrogen-bond donors (Lipinski definition) is 0. The number of Topliss-reactive ketones (excluding diaryl/α,β-unsaturated/α-hetero) is 1. The lowest BCUT2D eigenvalue weighted by molar-refractivity contribution is -0.116. The molecule has 1 aromatic heterocycles. The zero-order valence-corrected chi connectivity index (χ0v) is 8.21. The van der Waals surface area contributed by atoms with Crippen LogP contribution in [0.15, 0.2) is 16.8 Å². The third kappa shape index (κ3) is 1.48. The Balaban J connectivity index is 2.60. The Kier molecular flexibility index (Phi) is 2.21. The predicted molar refractivity (Wildman–Crippen MR) is 51.2 cm³/mol. The standard InChI is InChI=1S/C9H7ClN2O2/c1-5(13)4-6-2-3-7(10)9-8(6)11-14-12-9/h2-3H,4H2,1H3. The fourth-order valence-corrected chi connectivity index (χ4v) is 1.49. The topological polar surface area (TPSA) is 56.0 Å². The van der Waals surface area contributed by atoms with Crippen LogP contribution in [0.25, 0.3) is 11.0 Å². The van der Waals surface area contributed by atoms with Crippen molar-refractivity contribution in [3.63, 3.8) is 0 Å². The molecule has 0 unspecified atom stereocenters. The first-order chi connectivity index (χ1) is 6.68. The van der Waals surface area contributed by atoms with E-state index in [1.165, 1.54) is 6.92 Å². The predicted octanol–water partition coefficient (Wildman–Crippen LogP) is 2.01. The van der Waals surface area contributed by atoms with Crippen LogP contribution in [0, 0.1) is 0 Å². The molecule has 0 N–H and O–H groups in total. The van der Waals surface area contributed by atoms with E-state index in [1.807, 2.05) is 0 Å². The van der Waals surface area contributed by atoms with E-state index >= 15 is 0 Å². The summed E-state index contributed by atoms with van der Waals surface area (Å²) in [6, 6.07) is 3.45. The molecule has 14 heavy (non-hydrogen) atoms. The number of fused-ring (bicyclic) bond motifs is 1. The lowest BCUT2D eigenvalue weighted by atomic mass is 10.1. The molecule has 0 saturated carbocycles. The van der Waals surface area contributed by atoms with Crippen molar-refractivity contribution in [2.24, 2.45) is 0 Å². The maximum Gasteiger partial charge on any atom is 0.154 e. The number of carbonyl (C=O) groups is 1. The minimum atomic E-state index is 0.0663. The second kappa shape index (κ2) is 3.38. The SMILES string of the molecule is CC(=O)Cc1ccc(Cl)c2nonc12. The van der Waals surface area contributed by atoms with Gasteiger partial charge >= 0.3 is 0 Å².